The number of benzene rings is 1. The fraction of sp³-hybridized carbons (Fsp3) is 0.467. The largest absolute Gasteiger partial charge is 0.305 e. The van der Waals surface area contributed by atoms with Gasteiger partial charge >= 0.3 is 0 Å². The van der Waals surface area contributed by atoms with Crippen molar-refractivity contribution < 1.29 is 0 Å². The first-order chi connectivity index (χ1) is 9.36. The molecule has 1 aliphatic rings. The van der Waals surface area contributed by atoms with E-state index in [0.717, 1.165) is 37.3 Å². The lowest BCUT2D eigenvalue weighted by Crippen LogP contribution is -2.39. The molecule has 1 unspecified atom stereocenters. The highest BCUT2D eigenvalue weighted by Crippen LogP contribution is 2.34. The average molecular weight is 256 g/mol. The Hall–Kier alpha value is -1.68. The minimum absolute atomic E-state index is 0.00108. The summed E-state index contributed by atoms with van der Waals surface area (Å²) in [5.74, 6) is 1.05. The highest BCUT2D eigenvalue weighted by Gasteiger charge is 2.38. The number of nitrogens with one attached hydrogen (secondary N) is 1. The first-order valence-corrected chi connectivity index (χ1v) is 7.07. The van der Waals surface area contributed by atoms with E-state index in [1.54, 1.807) is 0 Å². The first-order valence-electron chi connectivity index (χ1n) is 7.07. The zero-order chi connectivity index (χ0) is 13.1. The van der Waals surface area contributed by atoms with E-state index in [4.69, 9.17) is 0 Å². The molecule has 0 aliphatic carbocycles. The van der Waals surface area contributed by atoms with Crippen LogP contribution in [0.5, 0.6) is 0 Å². The van der Waals surface area contributed by atoms with Crippen molar-refractivity contribution in [3.63, 3.8) is 0 Å². The van der Waals surface area contributed by atoms with E-state index in [1.165, 1.54) is 6.42 Å². The van der Waals surface area contributed by atoms with Gasteiger partial charge in [-0.05, 0) is 37.9 Å². The molecule has 0 amide bonds. The quantitative estimate of drug-likeness (QED) is 0.914. The van der Waals surface area contributed by atoms with Crippen molar-refractivity contribution in [1.82, 2.24) is 20.1 Å². The van der Waals surface area contributed by atoms with Gasteiger partial charge in [0.2, 0.25) is 0 Å². The van der Waals surface area contributed by atoms with Crippen molar-refractivity contribution >= 4 is 0 Å². The normalized spacial score (nSPS) is 22.8. The predicted molar refractivity (Wildman–Crippen MR) is 75.2 cm³/mol. The second kappa shape index (κ2) is 5.13. The Labute approximate surface area is 113 Å². The van der Waals surface area contributed by atoms with Gasteiger partial charge in [-0.15, -0.1) is 10.2 Å². The van der Waals surface area contributed by atoms with Crippen molar-refractivity contribution in [3.05, 3.63) is 42.5 Å². The SMILES string of the molecule is CCCC1(c2nncn2-c2ccccc2)CCCN1. The van der Waals surface area contributed by atoms with Gasteiger partial charge in [0.25, 0.3) is 0 Å². The van der Waals surface area contributed by atoms with Gasteiger partial charge in [0.15, 0.2) is 5.82 Å². The Kier molecular flexibility index (Phi) is 3.34. The van der Waals surface area contributed by atoms with Crippen LogP contribution in [0.4, 0.5) is 0 Å². The number of aromatic nitrogens is 3. The van der Waals surface area contributed by atoms with Gasteiger partial charge < -0.3 is 5.32 Å². The molecule has 2 heterocycles. The van der Waals surface area contributed by atoms with Crippen LogP contribution < -0.4 is 5.32 Å². The molecule has 2 aromatic rings. The molecule has 0 radical (unpaired) electrons. The van der Waals surface area contributed by atoms with Gasteiger partial charge in [-0.1, -0.05) is 31.5 Å². The van der Waals surface area contributed by atoms with E-state index in [1.807, 2.05) is 24.5 Å². The molecule has 1 aliphatic heterocycles. The lowest BCUT2D eigenvalue weighted by molar-refractivity contribution is 0.329. The molecule has 0 spiro atoms. The smallest absolute Gasteiger partial charge is 0.157 e. The number of hydrogen-bond donors (Lipinski definition) is 1. The van der Waals surface area contributed by atoms with Crippen LogP contribution in [0.1, 0.15) is 38.4 Å². The molecule has 4 heteroatoms. The standard InChI is InChI=1S/C15H20N4/c1-2-9-15(10-6-11-16-15)14-18-17-12-19(14)13-7-4-3-5-8-13/h3-5,7-8,12,16H,2,6,9-11H2,1H3. The summed E-state index contributed by atoms with van der Waals surface area (Å²) in [7, 11) is 0. The average Bonchev–Trinajstić information content (AvgIpc) is 3.09. The van der Waals surface area contributed by atoms with Crippen molar-refractivity contribution in [2.45, 2.75) is 38.1 Å². The van der Waals surface area contributed by atoms with E-state index in [-0.39, 0.29) is 5.54 Å². The van der Waals surface area contributed by atoms with Gasteiger partial charge in [0.1, 0.15) is 6.33 Å². The highest BCUT2D eigenvalue weighted by atomic mass is 15.3. The third kappa shape index (κ3) is 2.16. The van der Waals surface area contributed by atoms with E-state index >= 15 is 0 Å². The molecule has 1 fully saturated rings. The second-order valence-electron chi connectivity index (χ2n) is 5.22. The van der Waals surface area contributed by atoms with E-state index in [0.29, 0.717) is 0 Å². The van der Waals surface area contributed by atoms with Gasteiger partial charge in [-0.2, -0.15) is 0 Å². The molecule has 0 bridgehead atoms. The number of hydrogen-bond acceptors (Lipinski definition) is 3. The van der Waals surface area contributed by atoms with Crippen LogP contribution in [0.25, 0.3) is 5.69 Å². The maximum absolute atomic E-state index is 4.42. The highest BCUT2D eigenvalue weighted by molar-refractivity contribution is 5.33. The van der Waals surface area contributed by atoms with E-state index in [2.05, 4.69) is 39.1 Å². The lowest BCUT2D eigenvalue weighted by atomic mass is 9.90. The first kappa shape index (κ1) is 12.4. The minimum Gasteiger partial charge on any atom is -0.305 e. The van der Waals surface area contributed by atoms with Crippen LogP contribution in [0.2, 0.25) is 0 Å². The molecule has 1 aromatic carbocycles. The van der Waals surface area contributed by atoms with Crippen LogP contribution in [0.15, 0.2) is 36.7 Å². The molecular weight excluding hydrogens is 236 g/mol. The molecule has 0 saturated carbocycles. The number of nitrogens with zero attached hydrogens (tertiary/aromatic N) is 3. The Bertz CT molecular complexity index is 526. The molecule has 19 heavy (non-hydrogen) atoms. The van der Waals surface area contributed by atoms with E-state index in [9.17, 15) is 0 Å². The summed E-state index contributed by atoms with van der Waals surface area (Å²) in [5, 5.41) is 12.2. The summed E-state index contributed by atoms with van der Waals surface area (Å²) >= 11 is 0. The van der Waals surface area contributed by atoms with Gasteiger partial charge in [0, 0.05) is 5.69 Å². The molecule has 4 nitrogen and oxygen atoms in total. The van der Waals surface area contributed by atoms with Gasteiger partial charge in [-0.25, -0.2) is 0 Å². The Balaban J connectivity index is 2.04. The summed E-state index contributed by atoms with van der Waals surface area (Å²) in [5.41, 5.74) is 1.13. The van der Waals surface area contributed by atoms with Crippen LogP contribution in [0, 0.1) is 0 Å². The van der Waals surface area contributed by atoms with Crippen molar-refractivity contribution in [1.29, 1.82) is 0 Å². The maximum Gasteiger partial charge on any atom is 0.157 e. The number of para-hydroxylation sites is 1. The van der Waals surface area contributed by atoms with Crippen molar-refractivity contribution in [3.8, 4) is 5.69 Å². The Morgan fingerprint density at radius 3 is 2.84 bits per heavy atom. The van der Waals surface area contributed by atoms with Gasteiger partial charge in [0.05, 0.1) is 5.54 Å². The molecule has 1 atom stereocenters. The summed E-state index contributed by atoms with van der Waals surface area (Å²) in [6, 6.07) is 10.3. The van der Waals surface area contributed by atoms with Crippen LogP contribution >= 0.6 is 0 Å². The fourth-order valence-corrected chi connectivity index (χ4v) is 3.09. The zero-order valence-corrected chi connectivity index (χ0v) is 11.3. The molecule has 1 N–H and O–H groups in total. The minimum atomic E-state index is 0.00108. The molecule has 100 valence electrons. The monoisotopic (exact) mass is 256 g/mol. The van der Waals surface area contributed by atoms with Crippen LogP contribution in [-0.4, -0.2) is 21.3 Å². The Morgan fingerprint density at radius 2 is 2.16 bits per heavy atom. The molecule has 1 aromatic heterocycles. The van der Waals surface area contributed by atoms with E-state index < -0.39 is 0 Å². The molecule has 1 saturated heterocycles. The predicted octanol–water partition coefficient (Wildman–Crippen LogP) is 2.65. The summed E-state index contributed by atoms with van der Waals surface area (Å²) in [4.78, 5) is 0. The zero-order valence-electron chi connectivity index (χ0n) is 11.3. The summed E-state index contributed by atoms with van der Waals surface area (Å²) in [6.45, 7) is 3.30. The van der Waals surface area contributed by atoms with Crippen molar-refractivity contribution in [2.75, 3.05) is 6.54 Å². The Morgan fingerprint density at radius 1 is 1.32 bits per heavy atom. The third-order valence-electron chi connectivity index (χ3n) is 3.93. The molecular formula is C15H20N4. The fourth-order valence-electron chi connectivity index (χ4n) is 3.09. The lowest BCUT2D eigenvalue weighted by Gasteiger charge is -2.28. The second-order valence-corrected chi connectivity index (χ2v) is 5.22. The van der Waals surface area contributed by atoms with Crippen LogP contribution in [-0.2, 0) is 5.54 Å². The van der Waals surface area contributed by atoms with Crippen LogP contribution in [0.3, 0.4) is 0 Å². The maximum atomic E-state index is 4.42. The summed E-state index contributed by atoms with van der Waals surface area (Å²) < 4.78 is 2.12. The number of rotatable bonds is 4. The third-order valence-corrected chi connectivity index (χ3v) is 3.93. The molecule has 3 rings (SSSR count). The van der Waals surface area contributed by atoms with Crippen molar-refractivity contribution in [2.24, 2.45) is 0 Å². The van der Waals surface area contributed by atoms with Gasteiger partial charge in [-0.3, -0.25) is 4.57 Å². The topological polar surface area (TPSA) is 42.7 Å². The summed E-state index contributed by atoms with van der Waals surface area (Å²) in [6.07, 6.45) is 6.43.